The summed E-state index contributed by atoms with van der Waals surface area (Å²) < 4.78 is 38.8. The number of anilines is 2. The lowest BCUT2D eigenvalue weighted by Crippen LogP contribution is -2.21. The minimum atomic E-state index is -4.57. The van der Waals surface area contributed by atoms with E-state index in [9.17, 15) is 18.0 Å². The first-order valence-electron chi connectivity index (χ1n) is 8.53. The van der Waals surface area contributed by atoms with Crippen LogP contribution in [-0.4, -0.2) is 38.3 Å². The molecule has 2 aromatic rings. The van der Waals surface area contributed by atoms with Crippen molar-refractivity contribution in [1.29, 1.82) is 0 Å². The summed E-state index contributed by atoms with van der Waals surface area (Å²) >= 11 is 0. The van der Waals surface area contributed by atoms with Crippen molar-refractivity contribution in [3.05, 3.63) is 23.9 Å². The van der Waals surface area contributed by atoms with Crippen LogP contribution in [0.4, 0.5) is 25.1 Å². The highest BCUT2D eigenvalue weighted by molar-refractivity contribution is 5.79. The first kappa shape index (κ1) is 19.0. The van der Waals surface area contributed by atoms with E-state index in [4.69, 9.17) is 0 Å². The Hall–Kier alpha value is -2.78. The predicted molar refractivity (Wildman–Crippen MR) is 93.0 cm³/mol. The fraction of sp³-hybridized carbons (Fsp3) is 0.471. The van der Waals surface area contributed by atoms with Crippen LogP contribution in [0, 0.1) is 5.92 Å². The number of aromatic nitrogens is 4. The average molecular weight is 380 g/mol. The number of hydrogen-bond acceptors (Lipinski definition) is 7. The van der Waals surface area contributed by atoms with Gasteiger partial charge in [0.05, 0.1) is 6.54 Å². The highest BCUT2D eigenvalue weighted by atomic mass is 19.4. The van der Waals surface area contributed by atoms with E-state index in [-0.39, 0.29) is 41.8 Å². The van der Waals surface area contributed by atoms with Crippen molar-refractivity contribution in [3.63, 3.8) is 0 Å². The maximum atomic E-state index is 12.9. The molecule has 1 fully saturated rings. The summed E-state index contributed by atoms with van der Waals surface area (Å²) in [5.41, 5.74) is -1.06. The standard InChI is InChI=1S/C17H19F3N6O/c1-9(27)8-21-15-24-14(12-4-3-5-13(23-12)17(18,19)20)25-16(26-15)22-10(2)11-6-7-11/h3-5,10-11H,6-8H2,1-2H3,(H2,21,22,24,25,26). The fourth-order valence-corrected chi connectivity index (χ4v) is 2.47. The maximum Gasteiger partial charge on any atom is 0.433 e. The number of carbonyl (C=O) groups is 1. The Morgan fingerprint density at radius 3 is 2.52 bits per heavy atom. The number of nitrogens with one attached hydrogen (secondary N) is 2. The van der Waals surface area contributed by atoms with Crippen LogP contribution in [0.1, 0.15) is 32.4 Å². The molecule has 0 radical (unpaired) electrons. The van der Waals surface area contributed by atoms with Crippen LogP contribution >= 0.6 is 0 Å². The van der Waals surface area contributed by atoms with Gasteiger partial charge in [0.2, 0.25) is 11.9 Å². The second-order valence-electron chi connectivity index (χ2n) is 6.54. The molecule has 1 aliphatic carbocycles. The van der Waals surface area contributed by atoms with Crippen LogP contribution in [-0.2, 0) is 11.0 Å². The number of carbonyl (C=O) groups excluding carboxylic acids is 1. The highest BCUT2D eigenvalue weighted by Gasteiger charge is 2.33. The van der Waals surface area contributed by atoms with E-state index < -0.39 is 11.9 Å². The zero-order valence-electron chi connectivity index (χ0n) is 14.8. The molecule has 0 aromatic carbocycles. The Morgan fingerprint density at radius 2 is 1.89 bits per heavy atom. The van der Waals surface area contributed by atoms with Gasteiger partial charge in [0.25, 0.3) is 0 Å². The van der Waals surface area contributed by atoms with E-state index in [1.807, 2.05) is 6.92 Å². The maximum absolute atomic E-state index is 12.9. The molecule has 3 rings (SSSR count). The Kier molecular flexibility index (Phi) is 5.24. The van der Waals surface area contributed by atoms with Gasteiger partial charge in [-0.3, -0.25) is 4.79 Å². The van der Waals surface area contributed by atoms with Crippen LogP contribution in [0.5, 0.6) is 0 Å². The molecule has 1 aliphatic rings. The summed E-state index contributed by atoms with van der Waals surface area (Å²) in [6, 6.07) is 3.65. The van der Waals surface area contributed by atoms with Gasteiger partial charge in [-0.25, -0.2) is 4.98 Å². The Morgan fingerprint density at radius 1 is 1.19 bits per heavy atom. The zero-order chi connectivity index (χ0) is 19.6. The van der Waals surface area contributed by atoms with Crippen molar-refractivity contribution < 1.29 is 18.0 Å². The van der Waals surface area contributed by atoms with Gasteiger partial charge in [-0.2, -0.15) is 28.1 Å². The first-order chi connectivity index (χ1) is 12.7. The van der Waals surface area contributed by atoms with E-state index in [1.165, 1.54) is 19.1 Å². The fourth-order valence-electron chi connectivity index (χ4n) is 2.47. The topological polar surface area (TPSA) is 92.7 Å². The van der Waals surface area contributed by atoms with Gasteiger partial charge in [0.1, 0.15) is 17.2 Å². The van der Waals surface area contributed by atoms with E-state index in [0.29, 0.717) is 5.92 Å². The van der Waals surface area contributed by atoms with Crippen molar-refractivity contribution in [2.24, 2.45) is 5.92 Å². The monoisotopic (exact) mass is 380 g/mol. The number of alkyl halides is 3. The summed E-state index contributed by atoms with van der Waals surface area (Å²) in [6.45, 7) is 3.39. The zero-order valence-corrected chi connectivity index (χ0v) is 14.8. The van der Waals surface area contributed by atoms with Crippen molar-refractivity contribution in [1.82, 2.24) is 19.9 Å². The van der Waals surface area contributed by atoms with Crippen molar-refractivity contribution in [2.45, 2.75) is 38.9 Å². The summed E-state index contributed by atoms with van der Waals surface area (Å²) in [4.78, 5) is 27.4. The van der Waals surface area contributed by atoms with Gasteiger partial charge in [-0.15, -0.1) is 0 Å². The van der Waals surface area contributed by atoms with Crippen molar-refractivity contribution in [3.8, 4) is 11.5 Å². The molecule has 0 spiro atoms. The van der Waals surface area contributed by atoms with E-state index in [1.54, 1.807) is 0 Å². The molecule has 0 bridgehead atoms. The molecule has 0 amide bonds. The lowest BCUT2D eigenvalue weighted by Gasteiger charge is -2.14. The summed E-state index contributed by atoms with van der Waals surface area (Å²) in [5, 5.41) is 5.91. The third-order valence-corrected chi connectivity index (χ3v) is 4.09. The van der Waals surface area contributed by atoms with E-state index >= 15 is 0 Å². The highest BCUT2D eigenvalue weighted by Crippen LogP contribution is 2.34. The quantitative estimate of drug-likeness (QED) is 0.762. The molecule has 1 saturated carbocycles. The summed E-state index contributed by atoms with van der Waals surface area (Å²) in [7, 11) is 0. The Bertz CT molecular complexity index is 838. The number of halogens is 3. The van der Waals surface area contributed by atoms with Crippen LogP contribution in [0.15, 0.2) is 18.2 Å². The minimum Gasteiger partial charge on any atom is -0.351 e. The SMILES string of the molecule is CC(=O)CNc1nc(NC(C)C2CC2)nc(-c2cccc(C(F)(F)F)n2)n1. The Labute approximate surface area is 153 Å². The van der Waals surface area contributed by atoms with E-state index in [2.05, 4.69) is 30.6 Å². The molecule has 0 saturated heterocycles. The number of pyridine rings is 1. The molecule has 1 unspecified atom stereocenters. The molecule has 2 aromatic heterocycles. The average Bonchev–Trinajstić information content (AvgIpc) is 3.44. The lowest BCUT2D eigenvalue weighted by molar-refractivity contribution is -0.141. The second-order valence-corrected chi connectivity index (χ2v) is 6.54. The predicted octanol–water partition coefficient (Wildman–Crippen LogP) is 3.16. The van der Waals surface area contributed by atoms with Crippen molar-refractivity contribution in [2.75, 3.05) is 17.2 Å². The molecule has 27 heavy (non-hydrogen) atoms. The van der Waals surface area contributed by atoms with Gasteiger partial charge in [-0.05, 0) is 44.7 Å². The van der Waals surface area contributed by atoms with Crippen LogP contribution < -0.4 is 10.6 Å². The van der Waals surface area contributed by atoms with Gasteiger partial charge >= 0.3 is 6.18 Å². The summed E-state index contributed by atoms with van der Waals surface area (Å²) in [5.74, 6) is 0.706. The van der Waals surface area contributed by atoms with Gasteiger partial charge < -0.3 is 10.6 Å². The molecule has 1 atom stereocenters. The number of nitrogens with zero attached hydrogens (tertiary/aromatic N) is 4. The third kappa shape index (κ3) is 5.11. The number of ketones is 1. The number of rotatable bonds is 7. The van der Waals surface area contributed by atoms with Crippen LogP contribution in [0.25, 0.3) is 11.5 Å². The van der Waals surface area contributed by atoms with Gasteiger partial charge in [-0.1, -0.05) is 6.07 Å². The first-order valence-corrected chi connectivity index (χ1v) is 8.53. The molecular formula is C17H19F3N6O. The molecule has 0 aliphatic heterocycles. The third-order valence-electron chi connectivity index (χ3n) is 4.09. The van der Waals surface area contributed by atoms with Crippen molar-refractivity contribution >= 4 is 17.7 Å². The van der Waals surface area contributed by atoms with E-state index in [0.717, 1.165) is 18.9 Å². The number of Topliss-reactive ketones (excluding diaryl/α,β-unsaturated/α-hetero) is 1. The molecular weight excluding hydrogens is 361 g/mol. The second kappa shape index (κ2) is 7.45. The number of hydrogen-bond donors (Lipinski definition) is 2. The molecule has 2 N–H and O–H groups in total. The van der Waals surface area contributed by atoms with Gasteiger partial charge in [0.15, 0.2) is 5.82 Å². The molecule has 7 nitrogen and oxygen atoms in total. The molecule has 2 heterocycles. The van der Waals surface area contributed by atoms with Gasteiger partial charge in [0, 0.05) is 6.04 Å². The smallest absolute Gasteiger partial charge is 0.351 e. The Balaban J connectivity index is 1.94. The van der Waals surface area contributed by atoms with Crippen LogP contribution in [0.3, 0.4) is 0 Å². The summed E-state index contributed by atoms with van der Waals surface area (Å²) in [6.07, 6.45) is -2.35. The minimum absolute atomic E-state index is 0.00289. The normalized spacial score (nSPS) is 15.3. The van der Waals surface area contributed by atoms with Crippen LogP contribution in [0.2, 0.25) is 0 Å². The largest absolute Gasteiger partial charge is 0.433 e. The molecule has 10 heteroatoms. The lowest BCUT2D eigenvalue weighted by atomic mass is 10.2. The molecule has 144 valence electrons.